The van der Waals surface area contributed by atoms with E-state index in [2.05, 4.69) is 20.7 Å². The molecule has 0 aliphatic heterocycles. The highest BCUT2D eigenvalue weighted by molar-refractivity contribution is 9.08. The van der Waals surface area contributed by atoms with Crippen LogP contribution in [0.3, 0.4) is 0 Å². The maximum atomic E-state index is 12.4. The summed E-state index contributed by atoms with van der Waals surface area (Å²) in [5.41, 5.74) is 1.48. The van der Waals surface area contributed by atoms with Gasteiger partial charge >= 0.3 is 5.97 Å². The third-order valence-electron chi connectivity index (χ3n) is 3.44. The monoisotopic (exact) mass is 390 g/mol. The Morgan fingerprint density at radius 2 is 1.50 bits per heavy atom. The Balaban J connectivity index is 2.34. The van der Waals surface area contributed by atoms with E-state index in [0.29, 0.717) is 10.9 Å². The van der Waals surface area contributed by atoms with Crippen molar-refractivity contribution in [3.63, 3.8) is 0 Å². The number of rotatable bonds is 6. The van der Waals surface area contributed by atoms with Gasteiger partial charge in [-0.15, -0.1) is 0 Å². The number of alkyl halides is 1. The van der Waals surface area contributed by atoms with Crippen molar-refractivity contribution in [3.05, 3.63) is 64.7 Å². The zero-order chi connectivity index (χ0) is 17.7. The molecular weight excluding hydrogens is 376 g/mol. The molecule has 2 aromatic rings. The van der Waals surface area contributed by atoms with E-state index in [4.69, 9.17) is 4.74 Å². The quantitative estimate of drug-likeness (QED) is 0.327. The van der Waals surface area contributed by atoms with Crippen molar-refractivity contribution in [2.24, 2.45) is 0 Å². The lowest BCUT2D eigenvalue weighted by molar-refractivity contribution is 0.0597. The normalized spacial score (nSPS) is 10.1. The fourth-order valence-corrected chi connectivity index (χ4v) is 2.50. The van der Waals surface area contributed by atoms with E-state index in [1.165, 1.54) is 32.4 Å². The van der Waals surface area contributed by atoms with Crippen LogP contribution in [0.25, 0.3) is 0 Å². The first-order chi connectivity index (χ1) is 11.5. The van der Waals surface area contributed by atoms with Crippen LogP contribution in [0.4, 0.5) is 0 Å². The molecular formula is C18H15BrO5. The van der Waals surface area contributed by atoms with Gasteiger partial charge in [0.2, 0.25) is 11.6 Å². The van der Waals surface area contributed by atoms with Crippen molar-refractivity contribution in [2.75, 3.05) is 14.2 Å². The van der Waals surface area contributed by atoms with E-state index in [9.17, 15) is 14.4 Å². The second-order valence-electron chi connectivity index (χ2n) is 4.90. The molecule has 0 saturated carbocycles. The van der Waals surface area contributed by atoms with Gasteiger partial charge in [-0.3, -0.25) is 9.59 Å². The maximum Gasteiger partial charge on any atom is 0.341 e. The van der Waals surface area contributed by atoms with Crippen molar-refractivity contribution in [1.82, 2.24) is 0 Å². The third kappa shape index (κ3) is 3.71. The minimum Gasteiger partial charge on any atom is -0.496 e. The lowest BCUT2D eigenvalue weighted by Gasteiger charge is -2.08. The summed E-state index contributed by atoms with van der Waals surface area (Å²) in [6.07, 6.45) is 0. The summed E-state index contributed by atoms with van der Waals surface area (Å²) in [5, 5.41) is 0.663. The van der Waals surface area contributed by atoms with E-state index in [-0.39, 0.29) is 16.9 Å². The number of ketones is 2. The molecule has 2 aromatic carbocycles. The lowest BCUT2D eigenvalue weighted by Crippen LogP contribution is -2.16. The molecule has 6 heteroatoms. The van der Waals surface area contributed by atoms with Crippen LogP contribution in [0, 0.1) is 0 Å². The highest BCUT2D eigenvalue weighted by Gasteiger charge is 2.21. The van der Waals surface area contributed by atoms with Gasteiger partial charge in [-0.25, -0.2) is 4.79 Å². The number of carbonyl (C=O) groups is 3. The Bertz CT molecular complexity index is 780. The Morgan fingerprint density at radius 1 is 0.917 bits per heavy atom. The predicted octanol–water partition coefficient (Wildman–Crippen LogP) is 3.44. The summed E-state index contributed by atoms with van der Waals surface area (Å²) in [4.78, 5) is 36.5. The van der Waals surface area contributed by atoms with Gasteiger partial charge in [-0.1, -0.05) is 40.2 Å². The van der Waals surface area contributed by atoms with Crippen LogP contribution in [-0.2, 0) is 10.1 Å². The average Bonchev–Trinajstić information content (AvgIpc) is 2.65. The molecule has 24 heavy (non-hydrogen) atoms. The van der Waals surface area contributed by atoms with E-state index in [1.54, 1.807) is 24.3 Å². The Labute approximate surface area is 147 Å². The first-order valence-electron chi connectivity index (χ1n) is 7.02. The SMILES string of the molecule is COC(=O)c1cc(C(=O)C(=O)c2ccc(CBr)cc2)ccc1OC. The zero-order valence-corrected chi connectivity index (χ0v) is 14.8. The number of esters is 1. The van der Waals surface area contributed by atoms with Gasteiger partial charge < -0.3 is 9.47 Å². The molecule has 0 radical (unpaired) electrons. The number of halogens is 1. The Kier molecular flexibility index (Phi) is 5.87. The van der Waals surface area contributed by atoms with Crippen molar-refractivity contribution in [2.45, 2.75) is 5.33 Å². The highest BCUT2D eigenvalue weighted by Crippen LogP contribution is 2.22. The standard InChI is InChI=1S/C18H15BrO5/c1-23-15-8-7-13(9-14(15)18(22)24-2)17(21)16(20)12-5-3-11(10-19)4-6-12/h3-9H,10H2,1-2H3. The van der Waals surface area contributed by atoms with Crippen molar-refractivity contribution in [1.29, 1.82) is 0 Å². The first kappa shape index (κ1) is 17.9. The summed E-state index contributed by atoms with van der Waals surface area (Å²) >= 11 is 3.32. The van der Waals surface area contributed by atoms with Crippen LogP contribution in [0.2, 0.25) is 0 Å². The molecule has 0 heterocycles. The van der Waals surface area contributed by atoms with E-state index in [1.807, 2.05) is 0 Å². The van der Waals surface area contributed by atoms with Crippen molar-refractivity contribution < 1.29 is 23.9 Å². The molecule has 5 nitrogen and oxygen atoms in total. The summed E-state index contributed by atoms with van der Waals surface area (Å²) < 4.78 is 9.74. The van der Waals surface area contributed by atoms with Crippen molar-refractivity contribution in [3.8, 4) is 5.75 Å². The zero-order valence-electron chi connectivity index (χ0n) is 13.2. The number of carbonyl (C=O) groups excluding carboxylic acids is 3. The molecule has 0 aromatic heterocycles. The van der Waals surface area contributed by atoms with Gasteiger partial charge in [0.15, 0.2) is 0 Å². The number of hydrogen-bond donors (Lipinski definition) is 0. The molecule has 0 spiro atoms. The van der Waals surface area contributed by atoms with Gasteiger partial charge in [0.05, 0.1) is 14.2 Å². The second-order valence-corrected chi connectivity index (χ2v) is 5.46. The molecule has 0 aliphatic carbocycles. The molecule has 0 aliphatic rings. The van der Waals surface area contributed by atoms with Crippen LogP contribution >= 0.6 is 15.9 Å². The van der Waals surface area contributed by atoms with Crippen LogP contribution in [-0.4, -0.2) is 31.8 Å². The minimum atomic E-state index is -0.700. The molecule has 124 valence electrons. The molecule has 0 N–H and O–H groups in total. The predicted molar refractivity (Wildman–Crippen MR) is 92.1 cm³/mol. The van der Waals surface area contributed by atoms with E-state index >= 15 is 0 Å². The number of ether oxygens (including phenoxy) is 2. The minimum absolute atomic E-state index is 0.0910. The molecule has 0 atom stereocenters. The number of Topliss-reactive ketones (excluding diaryl/α,β-unsaturated/α-hetero) is 2. The number of benzene rings is 2. The fourth-order valence-electron chi connectivity index (χ4n) is 2.13. The van der Waals surface area contributed by atoms with Gasteiger partial charge in [-0.2, -0.15) is 0 Å². The average molecular weight is 391 g/mol. The van der Waals surface area contributed by atoms with Gasteiger partial charge in [0.1, 0.15) is 11.3 Å². The Hall–Kier alpha value is -2.47. The van der Waals surface area contributed by atoms with Gasteiger partial charge in [0.25, 0.3) is 0 Å². The maximum absolute atomic E-state index is 12.4. The van der Waals surface area contributed by atoms with E-state index < -0.39 is 17.5 Å². The van der Waals surface area contributed by atoms with Gasteiger partial charge in [0, 0.05) is 16.5 Å². The highest BCUT2D eigenvalue weighted by atomic mass is 79.9. The first-order valence-corrected chi connectivity index (χ1v) is 8.14. The molecule has 0 saturated heterocycles. The van der Waals surface area contributed by atoms with Gasteiger partial charge in [-0.05, 0) is 23.8 Å². The largest absolute Gasteiger partial charge is 0.496 e. The summed E-state index contributed by atoms with van der Waals surface area (Å²) in [7, 11) is 2.63. The van der Waals surface area contributed by atoms with E-state index in [0.717, 1.165) is 5.56 Å². The number of methoxy groups -OCH3 is 2. The Morgan fingerprint density at radius 3 is 2.04 bits per heavy atom. The fraction of sp³-hybridized carbons (Fsp3) is 0.167. The van der Waals surface area contributed by atoms with Crippen LogP contribution in [0.15, 0.2) is 42.5 Å². The molecule has 0 bridgehead atoms. The van der Waals surface area contributed by atoms with Crippen LogP contribution < -0.4 is 4.74 Å². The second kappa shape index (κ2) is 7.88. The number of hydrogen-bond acceptors (Lipinski definition) is 5. The molecule has 0 fully saturated rings. The summed E-state index contributed by atoms with van der Waals surface area (Å²) in [6, 6.07) is 10.9. The summed E-state index contributed by atoms with van der Waals surface area (Å²) in [6.45, 7) is 0. The van der Waals surface area contributed by atoms with Crippen molar-refractivity contribution >= 4 is 33.5 Å². The molecule has 0 amide bonds. The molecule has 0 unspecified atom stereocenters. The van der Waals surface area contributed by atoms with Crippen LogP contribution in [0.1, 0.15) is 36.6 Å². The topological polar surface area (TPSA) is 69.7 Å². The lowest BCUT2D eigenvalue weighted by atomic mass is 9.99. The van der Waals surface area contributed by atoms with Crippen LogP contribution in [0.5, 0.6) is 5.75 Å². The smallest absolute Gasteiger partial charge is 0.341 e. The summed E-state index contributed by atoms with van der Waals surface area (Å²) in [5.74, 6) is -1.71. The third-order valence-corrected chi connectivity index (χ3v) is 4.09. The molecule has 2 rings (SSSR count).